The SMILES string of the molecule is CCCOCCN(CC(=O)NO)S(=O)(=O)c1ccc(OC)cc1. The average molecular weight is 346 g/mol. The summed E-state index contributed by atoms with van der Waals surface area (Å²) in [6.45, 7) is 2.09. The fraction of sp³-hybridized carbons (Fsp3) is 0.500. The molecule has 1 aromatic carbocycles. The van der Waals surface area contributed by atoms with E-state index < -0.39 is 22.5 Å². The second-order valence-corrected chi connectivity index (χ2v) is 6.60. The van der Waals surface area contributed by atoms with Crippen molar-refractivity contribution in [3.8, 4) is 5.75 Å². The second kappa shape index (κ2) is 9.46. The molecule has 0 aromatic heterocycles. The van der Waals surface area contributed by atoms with Gasteiger partial charge in [0.1, 0.15) is 5.75 Å². The molecular formula is C14H22N2O6S. The summed E-state index contributed by atoms with van der Waals surface area (Å²) in [5.74, 6) is -0.299. The predicted molar refractivity (Wildman–Crippen MR) is 82.8 cm³/mol. The molecule has 2 N–H and O–H groups in total. The smallest absolute Gasteiger partial charge is 0.258 e. The molecule has 0 atom stereocenters. The molecule has 9 heteroatoms. The van der Waals surface area contributed by atoms with Crippen molar-refractivity contribution in [2.45, 2.75) is 18.2 Å². The summed E-state index contributed by atoms with van der Waals surface area (Å²) in [5.41, 5.74) is 1.43. The van der Waals surface area contributed by atoms with E-state index in [4.69, 9.17) is 14.7 Å². The highest BCUT2D eigenvalue weighted by Gasteiger charge is 2.26. The van der Waals surface area contributed by atoms with Crippen LogP contribution in [-0.2, 0) is 19.6 Å². The zero-order valence-electron chi connectivity index (χ0n) is 13.2. The number of benzene rings is 1. The van der Waals surface area contributed by atoms with Gasteiger partial charge < -0.3 is 9.47 Å². The summed E-state index contributed by atoms with van der Waals surface area (Å²) in [5, 5.41) is 8.63. The van der Waals surface area contributed by atoms with E-state index in [-0.39, 0.29) is 18.0 Å². The fourth-order valence-corrected chi connectivity index (χ4v) is 3.17. The molecule has 0 spiro atoms. The summed E-state index contributed by atoms with van der Waals surface area (Å²) in [6, 6.07) is 5.82. The molecule has 0 bridgehead atoms. The number of methoxy groups -OCH3 is 1. The molecule has 1 rings (SSSR count). The van der Waals surface area contributed by atoms with Crippen molar-refractivity contribution in [2.24, 2.45) is 0 Å². The van der Waals surface area contributed by atoms with Gasteiger partial charge in [-0.25, -0.2) is 13.9 Å². The van der Waals surface area contributed by atoms with Gasteiger partial charge in [0.25, 0.3) is 5.91 Å². The Bertz CT molecular complexity index is 588. The number of hydrogen-bond acceptors (Lipinski definition) is 6. The Morgan fingerprint density at radius 3 is 2.43 bits per heavy atom. The highest BCUT2D eigenvalue weighted by molar-refractivity contribution is 7.89. The largest absolute Gasteiger partial charge is 0.497 e. The Morgan fingerprint density at radius 2 is 1.91 bits per heavy atom. The molecule has 0 heterocycles. The van der Waals surface area contributed by atoms with Crippen molar-refractivity contribution in [1.82, 2.24) is 9.79 Å². The Hall–Kier alpha value is -1.68. The summed E-state index contributed by atoms with van der Waals surface area (Å²) in [7, 11) is -2.41. The van der Waals surface area contributed by atoms with E-state index >= 15 is 0 Å². The topological polar surface area (TPSA) is 105 Å². The van der Waals surface area contributed by atoms with Crippen LogP contribution in [0, 0.1) is 0 Å². The normalized spacial score (nSPS) is 11.5. The van der Waals surface area contributed by atoms with Crippen LogP contribution in [-0.4, -0.2) is 57.3 Å². The molecule has 8 nitrogen and oxygen atoms in total. The van der Waals surface area contributed by atoms with Crippen molar-refractivity contribution in [3.63, 3.8) is 0 Å². The van der Waals surface area contributed by atoms with Crippen LogP contribution in [0.25, 0.3) is 0 Å². The quantitative estimate of drug-likeness (QED) is 0.365. The van der Waals surface area contributed by atoms with Crippen molar-refractivity contribution in [1.29, 1.82) is 0 Å². The number of ether oxygens (including phenoxy) is 2. The van der Waals surface area contributed by atoms with Gasteiger partial charge in [0.05, 0.1) is 25.2 Å². The highest BCUT2D eigenvalue weighted by atomic mass is 32.2. The van der Waals surface area contributed by atoms with Crippen molar-refractivity contribution >= 4 is 15.9 Å². The minimum Gasteiger partial charge on any atom is -0.497 e. The van der Waals surface area contributed by atoms with E-state index in [1.165, 1.54) is 36.9 Å². The van der Waals surface area contributed by atoms with E-state index in [1.807, 2.05) is 6.92 Å². The number of amides is 1. The number of nitrogens with zero attached hydrogens (tertiary/aromatic N) is 1. The van der Waals surface area contributed by atoms with Crippen LogP contribution in [0.1, 0.15) is 13.3 Å². The number of sulfonamides is 1. The van der Waals surface area contributed by atoms with Crippen molar-refractivity contribution in [3.05, 3.63) is 24.3 Å². The van der Waals surface area contributed by atoms with Gasteiger partial charge in [0.2, 0.25) is 10.0 Å². The highest BCUT2D eigenvalue weighted by Crippen LogP contribution is 2.19. The van der Waals surface area contributed by atoms with Crippen LogP contribution in [0.15, 0.2) is 29.2 Å². The summed E-state index contributed by atoms with van der Waals surface area (Å²) < 4.78 is 36.5. The molecule has 0 aliphatic heterocycles. The molecule has 0 aliphatic carbocycles. The third-order valence-corrected chi connectivity index (χ3v) is 4.83. The molecule has 23 heavy (non-hydrogen) atoms. The van der Waals surface area contributed by atoms with Crippen LogP contribution in [0.3, 0.4) is 0 Å². The lowest BCUT2D eigenvalue weighted by atomic mass is 10.3. The molecular weight excluding hydrogens is 324 g/mol. The molecule has 1 aromatic rings. The Labute approximate surface area is 136 Å². The van der Waals surface area contributed by atoms with Crippen molar-refractivity contribution in [2.75, 3.05) is 33.4 Å². The summed E-state index contributed by atoms with van der Waals surface area (Å²) in [4.78, 5) is 11.4. The monoisotopic (exact) mass is 346 g/mol. The molecule has 0 radical (unpaired) electrons. The van der Waals surface area contributed by atoms with Gasteiger partial charge in [-0.1, -0.05) is 6.92 Å². The summed E-state index contributed by atoms with van der Waals surface area (Å²) in [6.07, 6.45) is 0.808. The minimum absolute atomic E-state index is 0.00177. The summed E-state index contributed by atoms with van der Waals surface area (Å²) >= 11 is 0. The third-order valence-electron chi connectivity index (χ3n) is 2.98. The van der Waals surface area contributed by atoms with E-state index in [0.717, 1.165) is 10.7 Å². The molecule has 0 fully saturated rings. The second-order valence-electron chi connectivity index (χ2n) is 4.66. The maximum Gasteiger partial charge on any atom is 0.258 e. The average Bonchev–Trinajstić information content (AvgIpc) is 2.57. The van der Waals surface area contributed by atoms with Crippen LogP contribution >= 0.6 is 0 Å². The minimum atomic E-state index is -3.89. The molecule has 0 aliphatic rings. The molecule has 1 amide bonds. The lowest BCUT2D eigenvalue weighted by Crippen LogP contribution is -2.41. The number of carbonyl (C=O) groups is 1. The maximum absolute atomic E-state index is 12.6. The number of hydrogen-bond donors (Lipinski definition) is 2. The van der Waals surface area contributed by atoms with Gasteiger partial charge in [-0.15, -0.1) is 0 Å². The van der Waals surface area contributed by atoms with Gasteiger partial charge in [-0.3, -0.25) is 10.0 Å². The van der Waals surface area contributed by atoms with E-state index in [1.54, 1.807) is 0 Å². The van der Waals surface area contributed by atoms with Crippen LogP contribution in [0.5, 0.6) is 5.75 Å². The number of carbonyl (C=O) groups excluding carboxylic acids is 1. The van der Waals surface area contributed by atoms with Crippen LogP contribution in [0.4, 0.5) is 0 Å². The first-order valence-corrected chi connectivity index (χ1v) is 8.54. The molecule has 0 saturated carbocycles. The number of hydroxylamine groups is 1. The van der Waals surface area contributed by atoms with Gasteiger partial charge in [0.15, 0.2) is 0 Å². The van der Waals surface area contributed by atoms with E-state index in [0.29, 0.717) is 12.4 Å². The molecule has 130 valence electrons. The zero-order valence-corrected chi connectivity index (χ0v) is 14.0. The predicted octanol–water partition coefficient (Wildman–Crippen LogP) is 0.618. The maximum atomic E-state index is 12.6. The lowest BCUT2D eigenvalue weighted by molar-refractivity contribution is -0.129. The Morgan fingerprint density at radius 1 is 1.26 bits per heavy atom. The first-order valence-electron chi connectivity index (χ1n) is 7.10. The standard InChI is InChI=1S/C14H22N2O6S/c1-3-9-22-10-8-16(11-14(17)15-18)23(19,20)13-6-4-12(21-2)5-7-13/h4-7,18H,3,8-11H2,1-2H3,(H,15,17). The van der Waals surface area contributed by atoms with Crippen LogP contribution < -0.4 is 10.2 Å². The number of nitrogens with one attached hydrogen (secondary N) is 1. The number of rotatable bonds is 10. The fourth-order valence-electron chi connectivity index (χ4n) is 1.79. The van der Waals surface area contributed by atoms with E-state index in [2.05, 4.69) is 0 Å². The van der Waals surface area contributed by atoms with Gasteiger partial charge >= 0.3 is 0 Å². The first kappa shape index (κ1) is 19.4. The van der Waals surface area contributed by atoms with Gasteiger partial charge in [0, 0.05) is 13.2 Å². The van der Waals surface area contributed by atoms with Gasteiger partial charge in [-0.2, -0.15) is 4.31 Å². The third kappa shape index (κ3) is 5.79. The zero-order chi connectivity index (χ0) is 17.3. The Kier molecular flexibility index (Phi) is 7.96. The van der Waals surface area contributed by atoms with Crippen molar-refractivity contribution < 1.29 is 27.9 Å². The first-order chi connectivity index (χ1) is 11.0. The molecule has 0 saturated heterocycles. The molecule has 0 unspecified atom stereocenters. The van der Waals surface area contributed by atoms with E-state index in [9.17, 15) is 13.2 Å². The lowest BCUT2D eigenvalue weighted by Gasteiger charge is -2.21. The van der Waals surface area contributed by atoms with Crippen LogP contribution in [0.2, 0.25) is 0 Å². The Balaban J connectivity index is 2.93. The van der Waals surface area contributed by atoms with Gasteiger partial charge in [-0.05, 0) is 30.7 Å².